The Morgan fingerprint density at radius 2 is 2.20 bits per heavy atom. The van der Waals surface area contributed by atoms with Gasteiger partial charge in [-0.1, -0.05) is 22.5 Å². The van der Waals surface area contributed by atoms with Crippen LogP contribution in [-0.2, 0) is 10.2 Å². The van der Waals surface area contributed by atoms with E-state index >= 15 is 0 Å². The van der Waals surface area contributed by atoms with Crippen molar-refractivity contribution in [3.8, 4) is 0 Å². The highest BCUT2D eigenvalue weighted by atomic mass is 79.9. The van der Waals surface area contributed by atoms with Gasteiger partial charge >= 0.3 is 0 Å². The number of nitrogens with zero attached hydrogens (tertiary/aromatic N) is 1. The molecule has 2 nitrogen and oxygen atoms in total. The predicted molar refractivity (Wildman–Crippen MR) is 62.7 cm³/mol. The number of fused-ring (bicyclic) bond motifs is 2. The lowest BCUT2D eigenvalue weighted by atomic mass is 9.98. The lowest BCUT2D eigenvalue weighted by Gasteiger charge is -2.10. The Kier molecular flexibility index (Phi) is 1.67. The molecule has 15 heavy (non-hydrogen) atoms. The highest BCUT2D eigenvalue weighted by Gasteiger charge is 2.58. The van der Waals surface area contributed by atoms with E-state index in [4.69, 9.17) is 0 Å². The first kappa shape index (κ1) is 9.16. The molecule has 1 spiro atoms. The van der Waals surface area contributed by atoms with Crippen molar-refractivity contribution >= 4 is 27.5 Å². The Morgan fingerprint density at radius 1 is 1.47 bits per heavy atom. The minimum atomic E-state index is -0.215. The monoisotopic (exact) mass is 263 g/mol. The predicted octanol–water partition coefficient (Wildman–Crippen LogP) is 2.97. The van der Waals surface area contributed by atoms with Crippen LogP contribution in [0.1, 0.15) is 18.4 Å². The van der Waals surface area contributed by atoms with Gasteiger partial charge in [0.1, 0.15) is 0 Å². The van der Waals surface area contributed by atoms with Crippen molar-refractivity contribution in [1.82, 2.24) is 0 Å². The second-order valence-corrected chi connectivity index (χ2v) is 5.02. The van der Waals surface area contributed by atoms with E-state index in [1.54, 1.807) is 11.1 Å². The van der Waals surface area contributed by atoms with Crippen LogP contribution in [0.4, 0.5) is 5.69 Å². The van der Waals surface area contributed by atoms with Gasteiger partial charge in [-0.2, -0.15) is 0 Å². The van der Waals surface area contributed by atoms with E-state index in [0.29, 0.717) is 0 Å². The number of amides is 1. The Morgan fingerprint density at radius 3 is 2.80 bits per heavy atom. The Labute approximate surface area is 96.7 Å². The number of carbonyl (C=O) groups is 1. The van der Waals surface area contributed by atoms with Crippen molar-refractivity contribution < 1.29 is 4.79 Å². The van der Waals surface area contributed by atoms with Crippen LogP contribution in [0.25, 0.3) is 0 Å². The molecule has 1 fully saturated rings. The molecule has 2 aliphatic rings. The fourth-order valence-electron chi connectivity index (χ4n) is 2.35. The van der Waals surface area contributed by atoms with E-state index in [2.05, 4.69) is 28.6 Å². The maximum Gasteiger partial charge on any atom is 0.241 e. The standard InChI is InChI=1S/C12H10BrNO/c1-2-14-10-4-3-8(13)7-9(10)12(5-6-12)11(14)15/h2-4,7H,1,5-6H2. The molecule has 0 bridgehead atoms. The van der Waals surface area contributed by atoms with E-state index in [-0.39, 0.29) is 11.3 Å². The first-order valence-corrected chi connectivity index (χ1v) is 5.74. The van der Waals surface area contributed by atoms with Crippen molar-refractivity contribution in [2.24, 2.45) is 0 Å². The number of carbonyl (C=O) groups excluding carboxylic acids is 1. The fourth-order valence-corrected chi connectivity index (χ4v) is 2.71. The summed E-state index contributed by atoms with van der Waals surface area (Å²) in [6.07, 6.45) is 3.56. The zero-order valence-corrected chi connectivity index (χ0v) is 9.75. The summed E-state index contributed by atoms with van der Waals surface area (Å²) in [4.78, 5) is 13.8. The molecule has 0 atom stereocenters. The third-order valence-corrected chi connectivity index (χ3v) is 3.79. The normalized spacial score (nSPS) is 20.6. The molecule has 0 N–H and O–H groups in total. The van der Waals surface area contributed by atoms with E-state index < -0.39 is 0 Å². The molecule has 0 saturated heterocycles. The van der Waals surface area contributed by atoms with Gasteiger partial charge in [-0.05, 0) is 36.6 Å². The fraction of sp³-hybridized carbons (Fsp3) is 0.250. The Balaban J connectivity index is 2.26. The molecule has 0 radical (unpaired) electrons. The van der Waals surface area contributed by atoms with Crippen LogP contribution in [0.3, 0.4) is 0 Å². The minimum Gasteiger partial charge on any atom is -0.287 e. The van der Waals surface area contributed by atoms with Gasteiger partial charge in [0, 0.05) is 10.7 Å². The van der Waals surface area contributed by atoms with Crippen LogP contribution >= 0.6 is 15.9 Å². The zero-order valence-electron chi connectivity index (χ0n) is 8.16. The van der Waals surface area contributed by atoms with Gasteiger partial charge in [-0.25, -0.2) is 0 Å². The number of rotatable bonds is 1. The average Bonchev–Trinajstić information content (AvgIpc) is 2.97. The molecular weight excluding hydrogens is 254 g/mol. The molecule has 1 heterocycles. The van der Waals surface area contributed by atoms with Gasteiger partial charge in [0.15, 0.2) is 0 Å². The third kappa shape index (κ3) is 1.01. The third-order valence-electron chi connectivity index (χ3n) is 3.29. The largest absolute Gasteiger partial charge is 0.287 e. The van der Waals surface area contributed by atoms with Crippen LogP contribution in [-0.4, -0.2) is 5.91 Å². The molecule has 1 aromatic carbocycles. The number of hydrogen-bond donors (Lipinski definition) is 0. The average molecular weight is 264 g/mol. The molecule has 3 heteroatoms. The van der Waals surface area contributed by atoms with Crippen LogP contribution in [0, 0.1) is 0 Å². The van der Waals surface area contributed by atoms with E-state index in [0.717, 1.165) is 28.6 Å². The molecule has 1 aliphatic heterocycles. The highest BCUT2D eigenvalue weighted by molar-refractivity contribution is 9.10. The van der Waals surface area contributed by atoms with Gasteiger partial charge in [0.2, 0.25) is 5.91 Å². The highest BCUT2D eigenvalue weighted by Crippen LogP contribution is 2.57. The molecular formula is C12H10BrNO. The SMILES string of the molecule is C=CN1C(=O)C2(CC2)c2cc(Br)ccc21. The first-order valence-electron chi connectivity index (χ1n) is 4.95. The number of hydrogen-bond acceptors (Lipinski definition) is 1. The van der Waals surface area contributed by atoms with Crippen molar-refractivity contribution in [2.75, 3.05) is 4.90 Å². The zero-order chi connectivity index (χ0) is 10.6. The quantitative estimate of drug-likeness (QED) is 0.763. The number of benzene rings is 1. The second kappa shape index (κ2) is 2.73. The summed E-state index contributed by atoms with van der Waals surface area (Å²) in [5, 5.41) is 0. The van der Waals surface area contributed by atoms with Crippen molar-refractivity contribution in [3.05, 3.63) is 41.0 Å². The molecule has 0 unspecified atom stereocenters. The first-order chi connectivity index (χ1) is 7.19. The Hall–Kier alpha value is -1.09. The minimum absolute atomic E-state index is 0.186. The van der Waals surface area contributed by atoms with E-state index in [1.165, 1.54) is 0 Å². The van der Waals surface area contributed by atoms with E-state index in [9.17, 15) is 4.79 Å². The Bertz CT molecular complexity index is 477. The van der Waals surface area contributed by atoms with Gasteiger partial charge < -0.3 is 0 Å². The summed E-state index contributed by atoms with van der Waals surface area (Å²) in [5.74, 6) is 0.186. The summed E-state index contributed by atoms with van der Waals surface area (Å²) >= 11 is 3.45. The second-order valence-electron chi connectivity index (χ2n) is 4.10. The van der Waals surface area contributed by atoms with Gasteiger partial charge in [-0.3, -0.25) is 9.69 Å². The summed E-state index contributed by atoms with van der Waals surface area (Å²) in [6.45, 7) is 3.70. The van der Waals surface area contributed by atoms with Crippen molar-refractivity contribution in [1.29, 1.82) is 0 Å². The number of halogens is 1. The lowest BCUT2D eigenvalue weighted by molar-refractivity contribution is -0.119. The maximum absolute atomic E-state index is 12.1. The topological polar surface area (TPSA) is 20.3 Å². The molecule has 1 aliphatic carbocycles. The smallest absolute Gasteiger partial charge is 0.241 e. The molecule has 76 valence electrons. The van der Waals surface area contributed by atoms with E-state index in [1.807, 2.05) is 12.1 Å². The lowest BCUT2D eigenvalue weighted by Crippen LogP contribution is -2.26. The van der Waals surface area contributed by atoms with Crippen molar-refractivity contribution in [3.63, 3.8) is 0 Å². The summed E-state index contributed by atoms with van der Waals surface area (Å²) in [6, 6.07) is 6.00. The summed E-state index contributed by atoms with van der Waals surface area (Å²) < 4.78 is 1.03. The molecule has 1 saturated carbocycles. The molecule has 3 rings (SSSR count). The summed E-state index contributed by atoms with van der Waals surface area (Å²) in [5.41, 5.74) is 1.94. The molecule has 1 aromatic rings. The van der Waals surface area contributed by atoms with Crippen LogP contribution in [0.15, 0.2) is 35.5 Å². The van der Waals surface area contributed by atoms with Crippen LogP contribution in [0.2, 0.25) is 0 Å². The van der Waals surface area contributed by atoms with Gasteiger partial charge in [0.05, 0.1) is 11.1 Å². The van der Waals surface area contributed by atoms with Crippen LogP contribution < -0.4 is 4.90 Å². The molecule has 0 aromatic heterocycles. The van der Waals surface area contributed by atoms with Crippen molar-refractivity contribution in [2.45, 2.75) is 18.3 Å². The number of anilines is 1. The van der Waals surface area contributed by atoms with Crippen LogP contribution in [0.5, 0.6) is 0 Å². The summed E-state index contributed by atoms with van der Waals surface area (Å²) in [7, 11) is 0. The maximum atomic E-state index is 12.1. The van der Waals surface area contributed by atoms with Gasteiger partial charge in [0.25, 0.3) is 0 Å². The van der Waals surface area contributed by atoms with Gasteiger partial charge in [-0.15, -0.1) is 0 Å². The molecule has 1 amide bonds.